The summed E-state index contributed by atoms with van der Waals surface area (Å²) in [5.74, 6) is 0. The molecule has 0 bridgehead atoms. The number of benzene rings is 9. The Balaban J connectivity index is 1.07. The van der Waals surface area contributed by atoms with Gasteiger partial charge in [-0.05, 0) is 168 Å². The van der Waals surface area contributed by atoms with Crippen molar-refractivity contribution in [2.24, 2.45) is 0 Å². The van der Waals surface area contributed by atoms with Crippen molar-refractivity contribution in [1.29, 1.82) is 0 Å². The first kappa shape index (κ1) is 36.1. The average Bonchev–Trinajstić information content (AvgIpc) is 4.12. The van der Waals surface area contributed by atoms with E-state index in [2.05, 4.69) is 219 Å². The predicted octanol–water partition coefficient (Wildman–Crippen LogP) is 14.6. The van der Waals surface area contributed by atoms with E-state index in [0.717, 1.165) is 19.5 Å². The summed E-state index contributed by atoms with van der Waals surface area (Å²) in [7, 11) is 2.22. The van der Waals surface area contributed by atoms with E-state index < -0.39 is 10.8 Å². The molecule has 2 heteroatoms. The van der Waals surface area contributed by atoms with E-state index in [0.29, 0.717) is 0 Å². The van der Waals surface area contributed by atoms with Gasteiger partial charge in [0.2, 0.25) is 0 Å². The second-order valence-corrected chi connectivity index (χ2v) is 18.5. The first-order valence-electron chi connectivity index (χ1n) is 23.1. The lowest BCUT2D eigenvalue weighted by atomic mass is 9.68. The highest BCUT2D eigenvalue weighted by Gasteiger charge is 2.56. The molecule has 14 rings (SSSR count). The fraction of sp³-hybridized carbons (Fsp3) is 0.129. The van der Waals surface area contributed by atoms with Gasteiger partial charge in [0.05, 0.1) is 10.8 Å². The highest BCUT2D eigenvalue weighted by molar-refractivity contribution is 6.02. The Kier molecular flexibility index (Phi) is 7.24. The quantitative estimate of drug-likeness (QED) is 0.171. The molecule has 0 amide bonds. The summed E-state index contributed by atoms with van der Waals surface area (Å²) < 4.78 is 0. The Labute approximate surface area is 375 Å². The fourth-order valence-electron chi connectivity index (χ4n) is 13.2. The summed E-state index contributed by atoms with van der Waals surface area (Å²) in [6.45, 7) is 6.35. The van der Waals surface area contributed by atoms with Crippen molar-refractivity contribution >= 4 is 17.1 Å². The zero-order valence-electron chi connectivity index (χ0n) is 36.4. The molecule has 9 aromatic rings. The zero-order chi connectivity index (χ0) is 42.5. The standard InChI is InChI=1S/C62H46N2/c1-4-63(3)39-29-31-47-49-36-59-50(37-58(49)61(56(47)34-39)52-24-12-8-19-43(52)44-20-9-13-25-53(44)61)48-32-30-40(64(5-2)60-28-16-23-42-41-18-7-6-17-38(41)33-51(42)60)35-57(48)62(59)54-26-14-10-21-45(54)46-22-11-15-27-55(46)62/h6-32,34-37H,4-5,33H2,1-3H3. The molecule has 0 radical (unpaired) electrons. The van der Waals surface area contributed by atoms with Gasteiger partial charge in [0.15, 0.2) is 0 Å². The normalized spacial score (nSPS) is 14.8. The Morgan fingerprint density at radius 1 is 0.359 bits per heavy atom. The third-order valence-electron chi connectivity index (χ3n) is 15.9. The molecule has 0 saturated heterocycles. The van der Waals surface area contributed by atoms with Crippen LogP contribution in [0.1, 0.15) is 69.5 Å². The zero-order valence-corrected chi connectivity index (χ0v) is 36.4. The summed E-state index contributed by atoms with van der Waals surface area (Å²) in [5.41, 5.74) is 30.1. The van der Waals surface area contributed by atoms with Gasteiger partial charge in [-0.15, -0.1) is 0 Å². The molecule has 0 fully saturated rings. The molecule has 0 unspecified atom stereocenters. The molecule has 5 aliphatic rings. The molecule has 0 aromatic heterocycles. The SMILES string of the molecule is CCN(C)c1ccc2c(c1)C1(c3ccccc3-c3ccccc31)c1cc3c(cc1-2)C1(c2ccccc2-c2ccccc21)c1cc(N(CC)c2cccc4c2Cc2ccccc2-4)ccc1-3. The van der Waals surface area contributed by atoms with Crippen LogP contribution in [0.15, 0.2) is 188 Å². The fourth-order valence-corrected chi connectivity index (χ4v) is 13.2. The monoisotopic (exact) mass is 818 g/mol. The molecule has 0 atom stereocenters. The third kappa shape index (κ3) is 4.27. The van der Waals surface area contributed by atoms with E-state index >= 15 is 0 Å². The number of rotatable bonds is 5. The summed E-state index contributed by atoms with van der Waals surface area (Å²) in [5, 5.41) is 0. The van der Waals surface area contributed by atoms with Gasteiger partial charge in [0, 0.05) is 43.6 Å². The Bertz CT molecular complexity index is 3410. The van der Waals surface area contributed by atoms with E-state index in [1.54, 1.807) is 0 Å². The van der Waals surface area contributed by atoms with Crippen molar-refractivity contribution in [2.75, 3.05) is 29.9 Å². The first-order chi connectivity index (χ1) is 31.6. The second-order valence-electron chi connectivity index (χ2n) is 18.5. The van der Waals surface area contributed by atoms with Crippen LogP contribution in [0.4, 0.5) is 17.1 Å². The van der Waals surface area contributed by atoms with Crippen LogP contribution in [0.25, 0.3) is 55.6 Å². The van der Waals surface area contributed by atoms with E-state index in [4.69, 9.17) is 0 Å². The highest BCUT2D eigenvalue weighted by Crippen LogP contribution is 2.68. The maximum absolute atomic E-state index is 2.64. The number of anilines is 3. The van der Waals surface area contributed by atoms with E-state index in [1.165, 1.54) is 128 Å². The average molecular weight is 819 g/mol. The van der Waals surface area contributed by atoms with Gasteiger partial charge in [0.25, 0.3) is 0 Å². The summed E-state index contributed by atoms with van der Waals surface area (Å²) in [4.78, 5) is 4.94. The van der Waals surface area contributed by atoms with Crippen molar-refractivity contribution in [1.82, 2.24) is 0 Å². The van der Waals surface area contributed by atoms with E-state index in [1.807, 2.05) is 0 Å². The summed E-state index contributed by atoms with van der Waals surface area (Å²) in [6.07, 6.45) is 0.955. The molecule has 304 valence electrons. The first-order valence-corrected chi connectivity index (χ1v) is 23.1. The number of nitrogens with zero attached hydrogens (tertiary/aromatic N) is 2. The van der Waals surface area contributed by atoms with Crippen LogP contribution in [0, 0.1) is 0 Å². The van der Waals surface area contributed by atoms with Crippen LogP contribution in [-0.4, -0.2) is 20.1 Å². The molecule has 0 saturated carbocycles. The lowest BCUT2D eigenvalue weighted by molar-refractivity contribution is 0.782. The van der Waals surface area contributed by atoms with Crippen LogP contribution in [-0.2, 0) is 17.3 Å². The van der Waals surface area contributed by atoms with Gasteiger partial charge in [-0.3, -0.25) is 0 Å². The van der Waals surface area contributed by atoms with Gasteiger partial charge in [0.1, 0.15) is 0 Å². The van der Waals surface area contributed by atoms with Gasteiger partial charge in [-0.2, -0.15) is 0 Å². The van der Waals surface area contributed by atoms with Gasteiger partial charge in [-0.25, -0.2) is 0 Å². The molecule has 0 aliphatic heterocycles. The van der Waals surface area contributed by atoms with Crippen LogP contribution >= 0.6 is 0 Å². The Morgan fingerprint density at radius 2 is 0.781 bits per heavy atom. The second kappa shape index (κ2) is 12.8. The maximum atomic E-state index is 2.64. The van der Waals surface area contributed by atoms with Crippen molar-refractivity contribution < 1.29 is 0 Å². The summed E-state index contributed by atoms with van der Waals surface area (Å²) >= 11 is 0. The summed E-state index contributed by atoms with van der Waals surface area (Å²) in [6, 6.07) is 72.8. The number of hydrogen-bond donors (Lipinski definition) is 0. The minimum atomic E-state index is -0.499. The topological polar surface area (TPSA) is 6.48 Å². The molecule has 64 heavy (non-hydrogen) atoms. The van der Waals surface area contributed by atoms with Crippen LogP contribution in [0.3, 0.4) is 0 Å². The van der Waals surface area contributed by atoms with Crippen molar-refractivity contribution in [3.05, 3.63) is 244 Å². The van der Waals surface area contributed by atoms with Gasteiger partial charge >= 0.3 is 0 Å². The largest absolute Gasteiger partial charge is 0.375 e. The minimum Gasteiger partial charge on any atom is -0.375 e. The van der Waals surface area contributed by atoms with Crippen LogP contribution < -0.4 is 9.80 Å². The molecular formula is C62H46N2. The Hall–Kier alpha value is -7.42. The maximum Gasteiger partial charge on any atom is 0.0726 e. The molecule has 2 spiro atoms. The third-order valence-corrected chi connectivity index (χ3v) is 15.9. The number of fused-ring (bicyclic) bond motifs is 23. The van der Waals surface area contributed by atoms with Crippen molar-refractivity contribution in [3.63, 3.8) is 0 Å². The van der Waals surface area contributed by atoms with E-state index in [9.17, 15) is 0 Å². The lowest BCUT2D eigenvalue weighted by Gasteiger charge is -2.33. The number of hydrogen-bond acceptors (Lipinski definition) is 2. The highest BCUT2D eigenvalue weighted by atomic mass is 15.1. The molecule has 5 aliphatic carbocycles. The molecule has 9 aromatic carbocycles. The molecule has 0 N–H and O–H groups in total. The molecular weight excluding hydrogens is 773 g/mol. The predicted molar refractivity (Wildman–Crippen MR) is 265 cm³/mol. The van der Waals surface area contributed by atoms with Gasteiger partial charge in [-0.1, -0.05) is 146 Å². The smallest absolute Gasteiger partial charge is 0.0726 e. The molecule has 0 heterocycles. The molecule has 2 nitrogen and oxygen atoms in total. The Morgan fingerprint density at radius 3 is 1.30 bits per heavy atom. The van der Waals surface area contributed by atoms with Crippen molar-refractivity contribution in [3.8, 4) is 55.6 Å². The lowest BCUT2D eigenvalue weighted by Crippen LogP contribution is -2.28. The van der Waals surface area contributed by atoms with Gasteiger partial charge < -0.3 is 9.80 Å². The van der Waals surface area contributed by atoms with Crippen molar-refractivity contribution in [2.45, 2.75) is 31.1 Å². The van der Waals surface area contributed by atoms with E-state index in [-0.39, 0.29) is 0 Å². The van der Waals surface area contributed by atoms with Crippen LogP contribution in [0.2, 0.25) is 0 Å². The minimum absolute atomic E-state index is 0.455. The van der Waals surface area contributed by atoms with Crippen LogP contribution in [0.5, 0.6) is 0 Å².